The SMILES string of the molecule is O/N=C1/CCc2cc(-c3cn(C4CCC[C@H](O)C4)nc3-c3ccncc3)ccc21. The van der Waals surface area contributed by atoms with Crippen LogP contribution in [0.5, 0.6) is 0 Å². The summed E-state index contributed by atoms with van der Waals surface area (Å²) < 4.78 is 2.04. The van der Waals surface area contributed by atoms with Crippen molar-refractivity contribution in [3.63, 3.8) is 0 Å². The molecule has 148 valence electrons. The Morgan fingerprint density at radius 2 is 1.86 bits per heavy atom. The first-order valence-corrected chi connectivity index (χ1v) is 10.2. The number of aliphatic hydroxyl groups excluding tert-OH is 1. The molecular weight excluding hydrogens is 364 g/mol. The number of rotatable bonds is 3. The van der Waals surface area contributed by atoms with Gasteiger partial charge in [-0.3, -0.25) is 9.67 Å². The molecule has 5 rings (SSSR count). The smallest absolute Gasteiger partial charge is 0.100 e. The summed E-state index contributed by atoms with van der Waals surface area (Å²) >= 11 is 0. The topological polar surface area (TPSA) is 83.5 Å². The number of fused-ring (bicyclic) bond motifs is 1. The summed E-state index contributed by atoms with van der Waals surface area (Å²) in [5, 5.41) is 27.7. The monoisotopic (exact) mass is 388 g/mol. The molecule has 0 radical (unpaired) electrons. The molecule has 1 saturated carbocycles. The van der Waals surface area contributed by atoms with Crippen molar-refractivity contribution in [1.29, 1.82) is 0 Å². The molecule has 1 fully saturated rings. The molecule has 2 atom stereocenters. The number of nitrogens with zero attached hydrogens (tertiary/aromatic N) is 4. The molecule has 0 amide bonds. The Morgan fingerprint density at radius 3 is 2.66 bits per heavy atom. The van der Waals surface area contributed by atoms with E-state index in [9.17, 15) is 10.3 Å². The molecular formula is C23H24N4O2. The fourth-order valence-corrected chi connectivity index (χ4v) is 4.63. The molecule has 2 aliphatic carbocycles. The number of oxime groups is 1. The maximum absolute atomic E-state index is 10.1. The van der Waals surface area contributed by atoms with Gasteiger partial charge >= 0.3 is 0 Å². The molecule has 0 spiro atoms. The summed E-state index contributed by atoms with van der Waals surface area (Å²) in [5.74, 6) is 0. The minimum atomic E-state index is -0.248. The Bertz CT molecular complexity index is 1060. The van der Waals surface area contributed by atoms with Gasteiger partial charge in [-0.05, 0) is 61.8 Å². The van der Waals surface area contributed by atoms with Gasteiger partial charge in [0, 0.05) is 35.3 Å². The van der Waals surface area contributed by atoms with Gasteiger partial charge < -0.3 is 10.3 Å². The standard InChI is InChI=1S/C23H24N4O2/c28-19-3-1-2-18(13-19)27-14-21(23(25-27)15-8-10-24-11-9-15)17-4-6-20-16(12-17)5-7-22(20)26-29/h4,6,8-12,14,18-19,28-29H,1-3,5,7,13H2/b26-22-/t18?,19-/m0/s1. The number of hydrogen-bond donors (Lipinski definition) is 2. The molecule has 1 aromatic carbocycles. The molecule has 2 aromatic heterocycles. The van der Waals surface area contributed by atoms with E-state index in [0.29, 0.717) is 0 Å². The van der Waals surface area contributed by atoms with Crippen molar-refractivity contribution < 1.29 is 10.3 Å². The van der Waals surface area contributed by atoms with Crippen LogP contribution < -0.4 is 0 Å². The van der Waals surface area contributed by atoms with Gasteiger partial charge in [0.05, 0.1) is 17.9 Å². The first-order valence-electron chi connectivity index (χ1n) is 10.2. The fourth-order valence-electron chi connectivity index (χ4n) is 4.63. The summed E-state index contributed by atoms with van der Waals surface area (Å²) in [6, 6.07) is 10.5. The van der Waals surface area contributed by atoms with Gasteiger partial charge in [0.15, 0.2) is 0 Å². The van der Waals surface area contributed by atoms with Crippen LogP contribution in [0.15, 0.2) is 54.1 Å². The highest BCUT2D eigenvalue weighted by Gasteiger charge is 2.25. The lowest BCUT2D eigenvalue weighted by molar-refractivity contribution is 0.100. The molecule has 0 aliphatic heterocycles. The van der Waals surface area contributed by atoms with Gasteiger partial charge in [0.2, 0.25) is 0 Å². The highest BCUT2D eigenvalue weighted by Crippen LogP contribution is 2.37. The van der Waals surface area contributed by atoms with E-state index in [1.54, 1.807) is 12.4 Å². The van der Waals surface area contributed by atoms with E-state index in [4.69, 9.17) is 5.10 Å². The molecule has 6 nitrogen and oxygen atoms in total. The Morgan fingerprint density at radius 1 is 1.00 bits per heavy atom. The van der Waals surface area contributed by atoms with E-state index in [1.165, 1.54) is 5.56 Å². The van der Waals surface area contributed by atoms with Crippen LogP contribution in [-0.2, 0) is 6.42 Å². The van der Waals surface area contributed by atoms with Crippen LogP contribution in [0.2, 0.25) is 0 Å². The number of benzene rings is 1. The van der Waals surface area contributed by atoms with E-state index in [2.05, 4.69) is 28.5 Å². The van der Waals surface area contributed by atoms with Crippen molar-refractivity contribution in [2.45, 2.75) is 50.7 Å². The van der Waals surface area contributed by atoms with Crippen molar-refractivity contribution in [2.24, 2.45) is 5.16 Å². The average Bonchev–Trinajstić information content (AvgIpc) is 3.38. The average molecular weight is 388 g/mol. The molecule has 6 heteroatoms. The third-order valence-electron chi connectivity index (χ3n) is 6.16. The van der Waals surface area contributed by atoms with Crippen LogP contribution in [0.3, 0.4) is 0 Å². The van der Waals surface area contributed by atoms with Crippen molar-refractivity contribution in [1.82, 2.24) is 14.8 Å². The molecule has 1 unspecified atom stereocenters. The Labute approximate surface area is 169 Å². The minimum absolute atomic E-state index is 0.218. The van der Waals surface area contributed by atoms with Crippen LogP contribution in [-0.4, -0.2) is 36.9 Å². The second-order valence-corrected chi connectivity index (χ2v) is 8.00. The quantitative estimate of drug-likeness (QED) is 0.520. The number of aromatic nitrogens is 3. The largest absolute Gasteiger partial charge is 0.411 e. The Hall–Kier alpha value is -2.99. The van der Waals surface area contributed by atoms with E-state index >= 15 is 0 Å². The summed E-state index contributed by atoms with van der Waals surface area (Å²) in [6.45, 7) is 0. The summed E-state index contributed by atoms with van der Waals surface area (Å²) in [5.41, 5.74) is 7.14. The minimum Gasteiger partial charge on any atom is -0.411 e. The maximum Gasteiger partial charge on any atom is 0.100 e. The molecule has 2 heterocycles. The van der Waals surface area contributed by atoms with E-state index < -0.39 is 0 Å². The molecule has 29 heavy (non-hydrogen) atoms. The van der Waals surface area contributed by atoms with Crippen molar-refractivity contribution in [3.05, 3.63) is 60.0 Å². The van der Waals surface area contributed by atoms with Gasteiger partial charge in [-0.1, -0.05) is 23.4 Å². The van der Waals surface area contributed by atoms with Crippen molar-refractivity contribution in [2.75, 3.05) is 0 Å². The number of aryl methyl sites for hydroxylation is 1. The van der Waals surface area contributed by atoms with E-state index in [0.717, 1.165) is 72.2 Å². The van der Waals surface area contributed by atoms with Crippen LogP contribution in [0.25, 0.3) is 22.4 Å². The zero-order valence-electron chi connectivity index (χ0n) is 16.2. The summed E-state index contributed by atoms with van der Waals surface area (Å²) in [7, 11) is 0. The number of hydrogen-bond acceptors (Lipinski definition) is 5. The molecule has 0 saturated heterocycles. The van der Waals surface area contributed by atoms with Crippen LogP contribution in [0.1, 0.15) is 49.3 Å². The first-order chi connectivity index (χ1) is 14.2. The maximum atomic E-state index is 10.1. The Balaban J connectivity index is 1.60. The van der Waals surface area contributed by atoms with Crippen LogP contribution in [0, 0.1) is 0 Å². The normalized spacial score (nSPS) is 22.7. The summed E-state index contributed by atoms with van der Waals surface area (Å²) in [6.07, 6.45) is 10.8. The Kier molecular flexibility index (Phi) is 4.64. The van der Waals surface area contributed by atoms with E-state index in [1.807, 2.05) is 22.9 Å². The third kappa shape index (κ3) is 3.34. The molecule has 2 aliphatic rings. The molecule has 3 aromatic rings. The van der Waals surface area contributed by atoms with Gasteiger partial charge in [0.25, 0.3) is 0 Å². The third-order valence-corrected chi connectivity index (χ3v) is 6.16. The second-order valence-electron chi connectivity index (χ2n) is 8.00. The predicted octanol–water partition coefficient (Wildman–Crippen LogP) is 4.21. The van der Waals surface area contributed by atoms with Crippen molar-refractivity contribution >= 4 is 5.71 Å². The lowest BCUT2D eigenvalue weighted by Gasteiger charge is -2.26. The lowest BCUT2D eigenvalue weighted by Crippen LogP contribution is -2.22. The van der Waals surface area contributed by atoms with Gasteiger partial charge in [-0.2, -0.15) is 5.10 Å². The first kappa shape index (κ1) is 18.1. The molecule has 2 N–H and O–H groups in total. The van der Waals surface area contributed by atoms with Gasteiger partial charge in [-0.15, -0.1) is 0 Å². The predicted molar refractivity (Wildman–Crippen MR) is 111 cm³/mol. The fraction of sp³-hybridized carbons (Fsp3) is 0.348. The lowest BCUT2D eigenvalue weighted by atomic mass is 9.93. The van der Waals surface area contributed by atoms with Gasteiger partial charge in [-0.25, -0.2) is 0 Å². The number of aliphatic hydroxyl groups is 1. The zero-order valence-corrected chi connectivity index (χ0v) is 16.2. The number of pyridine rings is 1. The zero-order chi connectivity index (χ0) is 19.8. The second kappa shape index (κ2) is 7.44. The van der Waals surface area contributed by atoms with Crippen molar-refractivity contribution in [3.8, 4) is 22.4 Å². The van der Waals surface area contributed by atoms with Crippen LogP contribution in [0.4, 0.5) is 0 Å². The highest BCUT2D eigenvalue weighted by molar-refractivity contribution is 6.04. The van der Waals surface area contributed by atoms with Gasteiger partial charge in [0.1, 0.15) is 5.69 Å². The van der Waals surface area contributed by atoms with E-state index in [-0.39, 0.29) is 12.1 Å². The van der Waals surface area contributed by atoms with Crippen LogP contribution >= 0.6 is 0 Å². The summed E-state index contributed by atoms with van der Waals surface area (Å²) in [4.78, 5) is 4.14. The highest BCUT2D eigenvalue weighted by atomic mass is 16.4. The molecule has 0 bridgehead atoms.